The minimum absolute atomic E-state index is 0.210. The van der Waals surface area contributed by atoms with Crippen LogP contribution in [0.3, 0.4) is 0 Å². The van der Waals surface area contributed by atoms with Crippen molar-refractivity contribution < 1.29 is 23.9 Å². The van der Waals surface area contributed by atoms with Crippen LogP contribution in [-0.2, 0) is 11.8 Å². The monoisotopic (exact) mass is 380 g/mol. The van der Waals surface area contributed by atoms with Crippen LogP contribution in [0, 0.1) is 6.92 Å². The standard InChI is InChI=1S/C21H20N2O5/c1-4-27-20(25)18-13(2)23(3)17-11-10-15(12-16(17)18)28-21(26)22-19(24)14-8-6-5-7-9-14/h5-12H,4H2,1-3H3,(H,22,24,26). The first-order valence-electron chi connectivity index (χ1n) is 8.76. The van der Waals surface area contributed by atoms with Crippen LogP contribution in [0.1, 0.15) is 33.3 Å². The van der Waals surface area contributed by atoms with E-state index in [0.717, 1.165) is 11.2 Å². The van der Waals surface area contributed by atoms with Gasteiger partial charge >= 0.3 is 12.1 Å². The molecule has 1 N–H and O–H groups in total. The van der Waals surface area contributed by atoms with Crippen LogP contribution < -0.4 is 10.1 Å². The molecule has 0 atom stereocenters. The van der Waals surface area contributed by atoms with Crippen molar-refractivity contribution in [2.75, 3.05) is 6.61 Å². The van der Waals surface area contributed by atoms with Gasteiger partial charge in [0.05, 0.1) is 12.2 Å². The maximum atomic E-state index is 12.3. The molecule has 0 fully saturated rings. The molecule has 1 heterocycles. The molecule has 0 bridgehead atoms. The van der Waals surface area contributed by atoms with E-state index in [2.05, 4.69) is 5.32 Å². The molecule has 0 aliphatic carbocycles. The summed E-state index contributed by atoms with van der Waals surface area (Å²) in [6.45, 7) is 3.81. The summed E-state index contributed by atoms with van der Waals surface area (Å²) in [5.41, 5.74) is 2.31. The number of benzene rings is 2. The molecule has 3 rings (SSSR count). The number of imide groups is 1. The Labute approximate surface area is 161 Å². The van der Waals surface area contributed by atoms with Gasteiger partial charge in [-0.2, -0.15) is 0 Å². The number of ether oxygens (including phenoxy) is 2. The Bertz CT molecular complexity index is 1050. The lowest BCUT2D eigenvalue weighted by atomic mass is 10.1. The summed E-state index contributed by atoms with van der Waals surface area (Å²) in [5, 5.41) is 2.78. The number of amides is 2. The molecular weight excluding hydrogens is 360 g/mol. The number of aromatic nitrogens is 1. The average Bonchev–Trinajstić information content (AvgIpc) is 2.92. The number of hydrogen-bond acceptors (Lipinski definition) is 5. The van der Waals surface area contributed by atoms with Gasteiger partial charge in [-0.1, -0.05) is 18.2 Å². The summed E-state index contributed by atoms with van der Waals surface area (Å²) >= 11 is 0. The lowest BCUT2D eigenvalue weighted by Gasteiger charge is -2.07. The third kappa shape index (κ3) is 3.73. The third-order valence-corrected chi connectivity index (χ3v) is 4.41. The molecule has 0 aliphatic rings. The molecule has 0 radical (unpaired) electrons. The predicted octanol–water partition coefficient (Wildman–Crippen LogP) is 3.59. The Morgan fingerprint density at radius 3 is 2.46 bits per heavy atom. The SMILES string of the molecule is CCOC(=O)c1c(C)n(C)c2ccc(OC(=O)NC(=O)c3ccccc3)cc12. The molecule has 0 saturated carbocycles. The zero-order chi connectivity index (χ0) is 20.3. The number of hydrogen-bond donors (Lipinski definition) is 1. The number of carbonyl (C=O) groups is 3. The number of carbonyl (C=O) groups excluding carboxylic acids is 3. The second-order valence-corrected chi connectivity index (χ2v) is 6.13. The number of esters is 1. The van der Waals surface area contributed by atoms with Gasteiger partial charge in [0, 0.05) is 29.2 Å². The highest BCUT2D eigenvalue weighted by Gasteiger charge is 2.21. The van der Waals surface area contributed by atoms with Crippen LogP contribution in [0.5, 0.6) is 5.75 Å². The summed E-state index contributed by atoms with van der Waals surface area (Å²) in [4.78, 5) is 36.4. The van der Waals surface area contributed by atoms with E-state index in [1.54, 1.807) is 55.5 Å². The zero-order valence-corrected chi connectivity index (χ0v) is 15.8. The van der Waals surface area contributed by atoms with Crippen molar-refractivity contribution in [2.24, 2.45) is 7.05 Å². The highest BCUT2D eigenvalue weighted by Crippen LogP contribution is 2.29. The molecule has 1 aromatic heterocycles. The summed E-state index contributed by atoms with van der Waals surface area (Å²) in [7, 11) is 1.84. The normalized spacial score (nSPS) is 10.5. The van der Waals surface area contributed by atoms with E-state index >= 15 is 0 Å². The summed E-state index contributed by atoms with van der Waals surface area (Å²) in [6, 6.07) is 13.3. The topological polar surface area (TPSA) is 86.6 Å². The molecule has 3 aromatic rings. The molecule has 144 valence electrons. The second-order valence-electron chi connectivity index (χ2n) is 6.13. The highest BCUT2D eigenvalue weighted by atomic mass is 16.6. The van der Waals surface area contributed by atoms with Crippen LogP contribution in [0.2, 0.25) is 0 Å². The first kappa shape index (κ1) is 19.2. The van der Waals surface area contributed by atoms with Crippen molar-refractivity contribution in [1.82, 2.24) is 9.88 Å². The Morgan fingerprint density at radius 1 is 1.07 bits per heavy atom. The first-order valence-corrected chi connectivity index (χ1v) is 8.76. The Balaban J connectivity index is 1.84. The van der Waals surface area contributed by atoms with E-state index in [0.29, 0.717) is 16.5 Å². The molecule has 0 unspecified atom stereocenters. The highest BCUT2D eigenvalue weighted by molar-refractivity contribution is 6.07. The first-order chi connectivity index (χ1) is 13.4. The molecule has 28 heavy (non-hydrogen) atoms. The van der Waals surface area contributed by atoms with Gasteiger partial charge in [-0.15, -0.1) is 0 Å². The van der Waals surface area contributed by atoms with Gasteiger partial charge < -0.3 is 14.0 Å². The van der Waals surface area contributed by atoms with Gasteiger partial charge in [0.1, 0.15) is 5.75 Å². The maximum Gasteiger partial charge on any atom is 0.419 e. The van der Waals surface area contributed by atoms with Crippen molar-refractivity contribution in [3.63, 3.8) is 0 Å². The van der Waals surface area contributed by atoms with Gasteiger partial charge in [-0.25, -0.2) is 9.59 Å². The number of nitrogens with zero attached hydrogens (tertiary/aromatic N) is 1. The smallest absolute Gasteiger partial charge is 0.419 e. The predicted molar refractivity (Wildman–Crippen MR) is 104 cm³/mol. The summed E-state index contributed by atoms with van der Waals surface area (Å²) < 4.78 is 12.2. The number of nitrogens with one attached hydrogen (secondary N) is 1. The fourth-order valence-corrected chi connectivity index (χ4v) is 2.96. The molecule has 7 heteroatoms. The van der Waals surface area contributed by atoms with Crippen molar-refractivity contribution in [3.8, 4) is 5.75 Å². The quantitative estimate of drug-likeness (QED) is 0.699. The van der Waals surface area contributed by atoms with E-state index in [4.69, 9.17) is 9.47 Å². The average molecular weight is 380 g/mol. The minimum Gasteiger partial charge on any atom is -0.462 e. The van der Waals surface area contributed by atoms with Gasteiger partial charge in [0.2, 0.25) is 0 Å². The Kier molecular flexibility index (Phi) is 5.44. The van der Waals surface area contributed by atoms with Crippen molar-refractivity contribution in [1.29, 1.82) is 0 Å². The van der Waals surface area contributed by atoms with Crippen molar-refractivity contribution >= 4 is 28.9 Å². The Morgan fingerprint density at radius 2 is 1.79 bits per heavy atom. The molecule has 7 nitrogen and oxygen atoms in total. The van der Waals surface area contributed by atoms with E-state index in [-0.39, 0.29) is 12.4 Å². The van der Waals surface area contributed by atoms with Crippen LogP contribution in [-0.4, -0.2) is 29.1 Å². The molecule has 2 amide bonds. The zero-order valence-electron chi connectivity index (χ0n) is 15.8. The fourth-order valence-electron chi connectivity index (χ4n) is 2.96. The lowest BCUT2D eigenvalue weighted by Crippen LogP contribution is -2.32. The number of fused-ring (bicyclic) bond motifs is 1. The largest absolute Gasteiger partial charge is 0.462 e. The van der Waals surface area contributed by atoms with Crippen molar-refractivity contribution in [3.05, 3.63) is 65.4 Å². The molecule has 0 spiro atoms. The molecule has 0 aliphatic heterocycles. The second kappa shape index (κ2) is 7.96. The van der Waals surface area contributed by atoms with E-state index in [1.807, 2.05) is 18.5 Å². The summed E-state index contributed by atoms with van der Waals surface area (Å²) in [5.74, 6) is -0.789. The molecular formula is C21H20N2O5. The van der Waals surface area contributed by atoms with Crippen LogP contribution >= 0.6 is 0 Å². The van der Waals surface area contributed by atoms with Crippen LogP contribution in [0.25, 0.3) is 10.9 Å². The maximum absolute atomic E-state index is 12.3. The van der Waals surface area contributed by atoms with Gasteiger partial charge in [0.25, 0.3) is 5.91 Å². The third-order valence-electron chi connectivity index (χ3n) is 4.41. The van der Waals surface area contributed by atoms with Crippen LogP contribution in [0.4, 0.5) is 4.79 Å². The lowest BCUT2D eigenvalue weighted by molar-refractivity contribution is 0.0527. The van der Waals surface area contributed by atoms with Gasteiger partial charge in [-0.3, -0.25) is 10.1 Å². The van der Waals surface area contributed by atoms with Crippen LogP contribution in [0.15, 0.2) is 48.5 Å². The van der Waals surface area contributed by atoms with Gasteiger partial charge in [0.15, 0.2) is 0 Å². The van der Waals surface area contributed by atoms with Gasteiger partial charge in [-0.05, 0) is 44.2 Å². The van der Waals surface area contributed by atoms with E-state index in [1.165, 1.54) is 0 Å². The molecule has 2 aromatic carbocycles. The Hall–Kier alpha value is -3.61. The number of rotatable bonds is 4. The minimum atomic E-state index is -0.904. The fraction of sp³-hybridized carbons (Fsp3) is 0.190. The summed E-state index contributed by atoms with van der Waals surface area (Å²) in [6.07, 6.45) is -0.904. The number of aryl methyl sites for hydroxylation is 1. The molecule has 0 saturated heterocycles. The van der Waals surface area contributed by atoms with Crippen molar-refractivity contribution in [2.45, 2.75) is 13.8 Å². The van der Waals surface area contributed by atoms with E-state index in [9.17, 15) is 14.4 Å². The van der Waals surface area contributed by atoms with E-state index < -0.39 is 18.0 Å².